The summed E-state index contributed by atoms with van der Waals surface area (Å²) in [7, 11) is -3.92. The number of aliphatic hydroxyl groups is 1. The van der Waals surface area contributed by atoms with Crippen LogP contribution in [0.5, 0.6) is 5.75 Å². The molecule has 2 fully saturated rings. The summed E-state index contributed by atoms with van der Waals surface area (Å²) >= 11 is 6.41. The molecule has 236 valence electrons. The highest BCUT2D eigenvalue weighted by Crippen LogP contribution is 2.48. The summed E-state index contributed by atoms with van der Waals surface area (Å²) in [4.78, 5) is 15.9. The molecule has 2 aromatic rings. The minimum atomic E-state index is -3.92. The van der Waals surface area contributed by atoms with Crippen LogP contribution in [0.2, 0.25) is 5.02 Å². The van der Waals surface area contributed by atoms with Gasteiger partial charge >= 0.3 is 0 Å². The zero-order chi connectivity index (χ0) is 30.8. The number of rotatable bonds is 1. The molecule has 9 heteroatoms. The fraction of sp³-hybridized carbons (Fsp3) is 0.571. The molecule has 1 amide bonds. The Bertz CT molecular complexity index is 1590. The fourth-order valence-corrected chi connectivity index (χ4v) is 10.8. The van der Waals surface area contributed by atoms with Gasteiger partial charge in [0.15, 0.2) is 0 Å². The van der Waals surface area contributed by atoms with Gasteiger partial charge in [0.2, 0.25) is 10.0 Å². The van der Waals surface area contributed by atoms with Crippen LogP contribution in [0.4, 0.5) is 5.69 Å². The van der Waals surface area contributed by atoms with Crippen molar-refractivity contribution in [2.75, 3.05) is 24.6 Å². The molecular weight excluding hydrogens is 596 g/mol. The van der Waals surface area contributed by atoms with Crippen LogP contribution < -0.4 is 14.4 Å². The molecule has 2 aliphatic heterocycles. The molecule has 7 atom stereocenters. The van der Waals surface area contributed by atoms with Crippen molar-refractivity contribution < 1.29 is 23.1 Å². The lowest BCUT2D eigenvalue weighted by Crippen LogP contribution is -2.52. The smallest absolute Gasteiger partial charge is 0.264 e. The Hall–Kier alpha value is -2.55. The standard InChI is InChI=1S/C35H43ClN2O5S/c1-21-5-3-7-31(39)27-15-22(2)28(27)18-38-19-35(14-4-6-24-16-26(36)11-12-29(24)35)20-43-32-13-10-25(17-30(32)38)34(40)37-44(41,42)33(21)23-8-9-23/h3,7,10-13,16-17,21-23,27-28,31,33,39H,4-6,8-9,14-15,18-20H2,1-2H3,(H,37,40)/b7-3+/t21-,22-,27-,28-,31+,33+,35+/m1/s1. The molecule has 2 saturated carbocycles. The molecule has 5 aliphatic rings. The van der Waals surface area contributed by atoms with Crippen LogP contribution in [0.25, 0.3) is 0 Å². The number of anilines is 1. The van der Waals surface area contributed by atoms with Crippen molar-refractivity contribution in [3.05, 3.63) is 70.3 Å². The Morgan fingerprint density at radius 2 is 1.91 bits per heavy atom. The predicted molar refractivity (Wildman–Crippen MR) is 173 cm³/mol. The highest BCUT2D eigenvalue weighted by Gasteiger charge is 2.47. The van der Waals surface area contributed by atoms with Crippen LogP contribution >= 0.6 is 11.6 Å². The number of aliphatic hydroxyl groups excluding tert-OH is 1. The average molecular weight is 639 g/mol. The second-order valence-electron chi connectivity index (χ2n) is 14.2. The molecule has 3 aliphatic carbocycles. The van der Waals surface area contributed by atoms with Crippen LogP contribution in [-0.2, 0) is 21.9 Å². The fourth-order valence-electron chi connectivity index (χ4n) is 8.64. The molecule has 7 nitrogen and oxygen atoms in total. The molecule has 2 aromatic carbocycles. The van der Waals surface area contributed by atoms with Gasteiger partial charge in [0.1, 0.15) is 5.75 Å². The highest BCUT2D eigenvalue weighted by molar-refractivity contribution is 7.90. The number of hydrogen-bond acceptors (Lipinski definition) is 6. The molecule has 2 bridgehead atoms. The number of benzene rings is 2. The number of nitrogens with one attached hydrogen (secondary N) is 1. The van der Waals surface area contributed by atoms with Gasteiger partial charge in [-0.05, 0) is 116 Å². The van der Waals surface area contributed by atoms with Gasteiger partial charge in [0.25, 0.3) is 5.91 Å². The molecule has 0 radical (unpaired) electrons. The van der Waals surface area contributed by atoms with Crippen LogP contribution in [0.15, 0.2) is 48.6 Å². The van der Waals surface area contributed by atoms with E-state index in [0.29, 0.717) is 43.3 Å². The van der Waals surface area contributed by atoms with Crippen molar-refractivity contribution in [2.24, 2.45) is 29.6 Å². The number of carbonyl (C=O) groups is 1. The third kappa shape index (κ3) is 5.45. The number of allylic oxidation sites excluding steroid dienone is 1. The zero-order valence-electron chi connectivity index (χ0n) is 25.5. The summed E-state index contributed by atoms with van der Waals surface area (Å²) in [5.74, 6) is 0.767. The molecule has 0 aromatic heterocycles. The van der Waals surface area contributed by atoms with Gasteiger partial charge in [0, 0.05) is 29.1 Å². The molecule has 1 spiro atoms. The Morgan fingerprint density at radius 1 is 1.09 bits per heavy atom. The molecule has 44 heavy (non-hydrogen) atoms. The maximum absolute atomic E-state index is 13.6. The van der Waals surface area contributed by atoms with E-state index in [2.05, 4.69) is 28.7 Å². The average Bonchev–Trinajstić information content (AvgIpc) is 3.81. The van der Waals surface area contributed by atoms with Gasteiger partial charge in [-0.1, -0.05) is 43.7 Å². The molecule has 2 N–H and O–H groups in total. The van der Waals surface area contributed by atoms with E-state index in [-0.39, 0.29) is 29.1 Å². The van der Waals surface area contributed by atoms with Gasteiger partial charge in [-0.2, -0.15) is 0 Å². The van der Waals surface area contributed by atoms with Crippen molar-refractivity contribution >= 4 is 33.2 Å². The van der Waals surface area contributed by atoms with Crippen LogP contribution in [0.3, 0.4) is 0 Å². The van der Waals surface area contributed by atoms with Crippen molar-refractivity contribution in [1.29, 1.82) is 0 Å². The summed E-state index contributed by atoms with van der Waals surface area (Å²) < 4.78 is 36.3. The Kier molecular flexibility index (Phi) is 7.78. The number of halogens is 1. The maximum atomic E-state index is 13.6. The topological polar surface area (TPSA) is 95.9 Å². The maximum Gasteiger partial charge on any atom is 0.264 e. The van der Waals surface area contributed by atoms with Gasteiger partial charge < -0.3 is 14.7 Å². The predicted octanol–water partition coefficient (Wildman–Crippen LogP) is 5.88. The number of hydrogen-bond donors (Lipinski definition) is 2. The van der Waals surface area contributed by atoms with E-state index in [1.54, 1.807) is 12.1 Å². The number of aryl methyl sites for hydroxylation is 1. The van der Waals surface area contributed by atoms with E-state index in [0.717, 1.165) is 49.2 Å². The Morgan fingerprint density at radius 3 is 2.68 bits per heavy atom. The number of sulfonamides is 1. The SMILES string of the molecule is C[C@@H]1C[C@@H]2[C@@H]1CN1C[C@@]3(CCCc4cc(Cl)ccc43)COc3ccc(cc31)C(=O)NS(=O)(=O)[C@H](C1CC1)[C@H](C)C/C=C/[C@@H]2O. The van der Waals surface area contributed by atoms with Crippen molar-refractivity contribution in [1.82, 2.24) is 4.72 Å². The van der Waals surface area contributed by atoms with E-state index in [4.69, 9.17) is 16.3 Å². The minimum absolute atomic E-state index is 0.0461. The molecule has 7 rings (SSSR count). The largest absolute Gasteiger partial charge is 0.490 e. The second-order valence-corrected chi connectivity index (χ2v) is 16.5. The first-order valence-corrected chi connectivity index (χ1v) is 18.2. The number of nitrogens with zero attached hydrogens (tertiary/aromatic N) is 1. The van der Waals surface area contributed by atoms with Crippen LogP contribution in [0, 0.1) is 29.6 Å². The van der Waals surface area contributed by atoms with E-state index < -0.39 is 27.3 Å². The number of amides is 1. The third-order valence-corrected chi connectivity index (χ3v) is 13.4. The minimum Gasteiger partial charge on any atom is -0.490 e. The Labute approximate surface area is 266 Å². The molecule has 0 unspecified atom stereocenters. The summed E-state index contributed by atoms with van der Waals surface area (Å²) in [6.07, 6.45) is 9.38. The van der Waals surface area contributed by atoms with E-state index in [9.17, 15) is 18.3 Å². The molecule has 2 heterocycles. The monoisotopic (exact) mass is 638 g/mol. The van der Waals surface area contributed by atoms with Crippen molar-refractivity contribution in [2.45, 2.75) is 75.6 Å². The lowest BCUT2D eigenvalue weighted by Gasteiger charge is -2.49. The summed E-state index contributed by atoms with van der Waals surface area (Å²) in [5, 5.41) is 11.4. The van der Waals surface area contributed by atoms with Gasteiger partial charge in [-0.3, -0.25) is 4.79 Å². The van der Waals surface area contributed by atoms with Crippen LogP contribution in [-0.4, -0.2) is 50.5 Å². The number of fused-ring (bicyclic) bond motifs is 4. The summed E-state index contributed by atoms with van der Waals surface area (Å²) in [6.45, 7) is 6.10. The van der Waals surface area contributed by atoms with Gasteiger partial charge in [0.05, 0.1) is 23.6 Å². The first-order chi connectivity index (χ1) is 21.0. The first kappa shape index (κ1) is 30.1. The Balaban J connectivity index is 1.31. The lowest BCUT2D eigenvalue weighted by molar-refractivity contribution is -0.000381. The zero-order valence-corrected chi connectivity index (χ0v) is 27.1. The van der Waals surface area contributed by atoms with Crippen LogP contribution in [0.1, 0.15) is 73.9 Å². The lowest BCUT2D eigenvalue weighted by atomic mass is 9.62. The molecule has 0 saturated heterocycles. The van der Waals surface area contributed by atoms with Crippen molar-refractivity contribution in [3.8, 4) is 5.75 Å². The summed E-state index contributed by atoms with van der Waals surface area (Å²) in [5.41, 5.74) is 3.36. The number of ether oxygens (including phenoxy) is 1. The van der Waals surface area contributed by atoms with E-state index in [1.807, 2.05) is 31.2 Å². The van der Waals surface area contributed by atoms with E-state index in [1.165, 1.54) is 11.1 Å². The van der Waals surface area contributed by atoms with E-state index >= 15 is 0 Å². The number of carbonyl (C=O) groups excluding carboxylic acids is 1. The quantitative estimate of drug-likeness (QED) is 0.379. The van der Waals surface area contributed by atoms with Gasteiger partial charge in [-0.15, -0.1) is 0 Å². The normalized spacial score (nSPS) is 35.7. The third-order valence-electron chi connectivity index (χ3n) is 11.2. The molecular formula is C35H43ClN2O5S. The first-order valence-electron chi connectivity index (χ1n) is 16.3. The van der Waals surface area contributed by atoms with Crippen molar-refractivity contribution in [3.63, 3.8) is 0 Å². The second kappa shape index (κ2) is 11.4. The summed E-state index contributed by atoms with van der Waals surface area (Å²) in [6, 6.07) is 11.5. The van der Waals surface area contributed by atoms with Gasteiger partial charge in [-0.25, -0.2) is 13.1 Å². The highest BCUT2D eigenvalue weighted by atomic mass is 35.5.